The van der Waals surface area contributed by atoms with Crippen LogP contribution in [0, 0.1) is 0 Å². The smallest absolute Gasteiger partial charge is 0.465 e. The number of methoxy groups -OCH3 is 2. The van der Waals surface area contributed by atoms with E-state index in [-0.39, 0.29) is 5.69 Å². The summed E-state index contributed by atoms with van der Waals surface area (Å²) in [6.45, 7) is 0. The molecular weight excluding hydrogens is 432 g/mol. The lowest BCUT2D eigenvalue weighted by Crippen LogP contribution is -2.31. The van der Waals surface area contributed by atoms with Crippen LogP contribution in [-0.2, 0) is 15.7 Å². The molecule has 0 radical (unpaired) electrons. The van der Waals surface area contributed by atoms with Gasteiger partial charge >= 0.3 is 25.2 Å². The molecule has 3 rings (SSSR count). The summed E-state index contributed by atoms with van der Waals surface area (Å²) in [6.07, 6.45) is -4.95. The van der Waals surface area contributed by atoms with Crippen LogP contribution in [0.15, 0.2) is 48.5 Å². The van der Waals surface area contributed by atoms with Gasteiger partial charge < -0.3 is 19.5 Å². The van der Waals surface area contributed by atoms with E-state index in [2.05, 4.69) is 5.10 Å². The van der Waals surface area contributed by atoms with Gasteiger partial charge in [-0.1, -0.05) is 30.3 Å². The van der Waals surface area contributed by atoms with Crippen LogP contribution in [0.2, 0.25) is 0 Å². The number of ether oxygens (including phenoxy) is 2. The van der Waals surface area contributed by atoms with E-state index in [9.17, 15) is 32.8 Å². The number of aromatic nitrogens is 2. The van der Waals surface area contributed by atoms with Crippen molar-refractivity contribution in [1.82, 2.24) is 9.78 Å². The van der Waals surface area contributed by atoms with Gasteiger partial charge in [-0.25, -0.2) is 14.3 Å². The third kappa shape index (κ3) is 4.22. The number of carbonyl (C=O) groups is 2. The number of halogens is 3. The van der Waals surface area contributed by atoms with Crippen LogP contribution in [0.5, 0.6) is 0 Å². The van der Waals surface area contributed by atoms with Gasteiger partial charge in [0.05, 0.1) is 25.5 Å². The SMILES string of the molecule is COC(=O)c1c(-c2ccc(B(O)O)cc2C(F)(F)F)nn(-c2ccccc2)c1C(=O)OC. The quantitative estimate of drug-likeness (QED) is 0.453. The molecule has 0 amide bonds. The number of benzene rings is 2. The van der Waals surface area contributed by atoms with Crippen LogP contribution in [-0.4, -0.2) is 53.1 Å². The Morgan fingerprint density at radius 3 is 2.16 bits per heavy atom. The molecule has 0 aliphatic heterocycles. The van der Waals surface area contributed by atoms with Crippen molar-refractivity contribution in [3.63, 3.8) is 0 Å². The Balaban J connectivity index is 2.43. The zero-order valence-electron chi connectivity index (χ0n) is 16.8. The van der Waals surface area contributed by atoms with E-state index in [1.54, 1.807) is 18.2 Å². The van der Waals surface area contributed by atoms with Crippen LogP contribution in [0.1, 0.15) is 26.4 Å². The zero-order chi connectivity index (χ0) is 23.6. The molecule has 8 nitrogen and oxygen atoms in total. The summed E-state index contributed by atoms with van der Waals surface area (Å²) >= 11 is 0. The maximum absolute atomic E-state index is 13.8. The largest absolute Gasteiger partial charge is 0.488 e. The number of alkyl halides is 3. The Morgan fingerprint density at radius 1 is 1.00 bits per heavy atom. The summed E-state index contributed by atoms with van der Waals surface area (Å²) in [5.74, 6) is -2.13. The average molecular weight is 448 g/mol. The molecule has 2 aromatic carbocycles. The third-order valence-corrected chi connectivity index (χ3v) is 4.56. The van der Waals surface area contributed by atoms with Gasteiger partial charge in [0.1, 0.15) is 11.3 Å². The van der Waals surface area contributed by atoms with Crippen molar-refractivity contribution in [3.05, 3.63) is 65.4 Å². The Hall–Kier alpha value is -3.64. The molecule has 3 aromatic rings. The number of hydrogen-bond acceptors (Lipinski definition) is 7. The van der Waals surface area contributed by atoms with Gasteiger partial charge in [0, 0.05) is 5.56 Å². The molecule has 0 aliphatic carbocycles. The maximum atomic E-state index is 13.8. The molecular formula is C20H16BF3N2O6. The zero-order valence-corrected chi connectivity index (χ0v) is 16.8. The van der Waals surface area contributed by atoms with Crippen molar-refractivity contribution in [2.45, 2.75) is 6.18 Å². The van der Waals surface area contributed by atoms with Gasteiger partial charge in [-0.05, 0) is 23.7 Å². The molecule has 0 saturated carbocycles. The number of hydrogen-bond donors (Lipinski definition) is 2. The highest BCUT2D eigenvalue weighted by atomic mass is 19.4. The lowest BCUT2D eigenvalue weighted by molar-refractivity contribution is -0.137. The molecule has 32 heavy (non-hydrogen) atoms. The molecule has 0 bridgehead atoms. The average Bonchev–Trinajstić information content (AvgIpc) is 3.18. The second kappa shape index (κ2) is 8.85. The highest BCUT2D eigenvalue weighted by Gasteiger charge is 2.39. The number of rotatable bonds is 5. The van der Waals surface area contributed by atoms with E-state index in [1.807, 2.05) is 0 Å². The van der Waals surface area contributed by atoms with Crippen molar-refractivity contribution >= 4 is 24.5 Å². The predicted molar refractivity (Wildman–Crippen MR) is 107 cm³/mol. The van der Waals surface area contributed by atoms with Gasteiger partial charge in [-0.2, -0.15) is 18.3 Å². The van der Waals surface area contributed by atoms with Crippen LogP contribution < -0.4 is 5.46 Å². The van der Waals surface area contributed by atoms with Gasteiger partial charge in [-0.3, -0.25) is 0 Å². The highest BCUT2D eigenvalue weighted by Crippen LogP contribution is 2.38. The van der Waals surface area contributed by atoms with E-state index in [0.29, 0.717) is 6.07 Å². The molecule has 0 atom stereocenters. The lowest BCUT2D eigenvalue weighted by Gasteiger charge is -2.14. The van der Waals surface area contributed by atoms with E-state index < -0.39 is 58.8 Å². The Kier molecular flexibility index (Phi) is 6.37. The molecule has 2 N–H and O–H groups in total. The first-order valence-corrected chi connectivity index (χ1v) is 9.02. The highest BCUT2D eigenvalue weighted by molar-refractivity contribution is 6.58. The number of esters is 2. The van der Waals surface area contributed by atoms with Crippen molar-refractivity contribution in [2.75, 3.05) is 14.2 Å². The summed E-state index contributed by atoms with van der Waals surface area (Å²) in [6, 6.07) is 10.4. The second-order valence-corrected chi connectivity index (χ2v) is 6.48. The summed E-state index contributed by atoms with van der Waals surface area (Å²) in [5, 5.41) is 22.7. The first-order valence-electron chi connectivity index (χ1n) is 9.02. The van der Waals surface area contributed by atoms with Crippen molar-refractivity contribution < 1.29 is 42.3 Å². The van der Waals surface area contributed by atoms with E-state index in [4.69, 9.17) is 9.47 Å². The van der Waals surface area contributed by atoms with E-state index >= 15 is 0 Å². The van der Waals surface area contributed by atoms with Crippen molar-refractivity contribution in [2.24, 2.45) is 0 Å². The van der Waals surface area contributed by atoms with Crippen molar-refractivity contribution in [1.29, 1.82) is 0 Å². The maximum Gasteiger partial charge on any atom is 0.488 e. The first kappa shape index (κ1) is 23.0. The second-order valence-electron chi connectivity index (χ2n) is 6.48. The van der Waals surface area contributed by atoms with Gasteiger partial charge in [-0.15, -0.1) is 0 Å². The molecule has 12 heteroatoms. The Labute approximate surface area is 180 Å². The number of carbonyl (C=O) groups excluding carboxylic acids is 2. The summed E-state index contributed by atoms with van der Waals surface area (Å²) in [7, 11) is -0.106. The normalized spacial score (nSPS) is 11.2. The minimum Gasteiger partial charge on any atom is -0.465 e. The van der Waals surface area contributed by atoms with E-state index in [1.165, 1.54) is 12.1 Å². The Bertz CT molecular complexity index is 1160. The lowest BCUT2D eigenvalue weighted by atomic mass is 9.78. The Morgan fingerprint density at radius 2 is 1.62 bits per heavy atom. The topological polar surface area (TPSA) is 111 Å². The number of para-hydroxylation sites is 1. The van der Waals surface area contributed by atoms with E-state index in [0.717, 1.165) is 31.0 Å². The molecule has 0 aliphatic rings. The summed E-state index contributed by atoms with van der Waals surface area (Å²) in [5.41, 5.74) is -3.46. The first-order chi connectivity index (χ1) is 15.1. The fourth-order valence-corrected chi connectivity index (χ4v) is 3.11. The van der Waals surface area contributed by atoms with Gasteiger partial charge in [0.25, 0.3) is 0 Å². The van der Waals surface area contributed by atoms with Crippen molar-refractivity contribution in [3.8, 4) is 16.9 Å². The standard InChI is InChI=1S/C20H16BF3N2O6/c1-31-18(27)15-16(13-9-8-11(21(29)30)10-14(13)20(22,23)24)25-26(17(15)19(28)32-2)12-6-4-3-5-7-12/h3-10,29-30H,1-2H3. The van der Waals surface area contributed by atoms with Crippen LogP contribution in [0.3, 0.4) is 0 Å². The van der Waals surface area contributed by atoms with Crippen LogP contribution in [0.25, 0.3) is 16.9 Å². The minimum atomic E-state index is -4.95. The fourth-order valence-electron chi connectivity index (χ4n) is 3.11. The molecule has 0 unspecified atom stereocenters. The fraction of sp³-hybridized carbons (Fsp3) is 0.150. The predicted octanol–water partition coefficient (Wildman–Crippen LogP) is 1.81. The monoisotopic (exact) mass is 448 g/mol. The van der Waals surface area contributed by atoms with Gasteiger partial charge in [0.15, 0.2) is 5.69 Å². The van der Waals surface area contributed by atoms with Crippen LogP contribution in [0.4, 0.5) is 13.2 Å². The van der Waals surface area contributed by atoms with Gasteiger partial charge in [0.2, 0.25) is 0 Å². The third-order valence-electron chi connectivity index (χ3n) is 4.56. The number of nitrogens with zero attached hydrogens (tertiary/aromatic N) is 2. The summed E-state index contributed by atoms with van der Waals surface area (Å²) < 4.78 is 52.0. The molecule has 0 fully saturated rings. The molecule has 1 heterocycles. The molecule has 0 saturated heterocycles. The molecule has 0 spiro atoms. The molecule has 166 valence electrons. The molecule has 1 aromatic heterocycles. The minimum absolute atomic E-state index is 0.278. The summed E-state index contributed by atoms with van der Waals surface area (Å²) in [4.78, 5) is 25.1. The van der Waals surface area contributed by atoms with Crippen LogP contribution >= 0.6 is 0 Å².